The molecule has 0 radical (unpaired) electrons. The van der Waals surface area contributed by atoms with Crippen molar-refractivity contribution in [2.75, 3.05) is 7.11 Å². The Hall–Kier alpha value is -2.34. The van der Waals surface area contributed by atoms with Crippen molar-refractivity contribution >= 4 is 5.91 Å². The highest BCUT2D eigenvalue weighted by Crippen LogP contribution is 2.18. The summed E-state index contributed by atoms with van der Waals surface area (Å²) in [7, 11) is 3.40. The number of nitrogens with zero attached hydrogens (tertiary/aromatic N) is 2. The van der Waals surface area contributed by atoms with Gasteiger partial charge in [0.25, 0.3) is 0 Å². The molecule has 2 rings (SSSR count). The number of amides is 1. The molecule has 3 N–H and O–H groups in total. The molecule has 6 nitrogen and oxygen atoms in total. The molecule has 0 saturated heterocycles. The summed E-state index contributed by atoms with van der Waals surface area (Å²) in [5.41, 5.74) is 7.62. The fourth-order valence-corrected chi connectivity index (χ4v) is 2.03. The van der Waals surface area contributed by atoms with Crippen LogP contribution in [-0.2, 0) is 11.8 Å². The third-order valence-corrected chi connectivity index (χ3v) is 3.34. The second-order valence-corrected chi connectivity index (χ2v) is 4.93. The predicted octanol–water partition coefficient (Wildman–Crippen LogP) is 1.31. The van der Waals surface area contributed by atoms with Crippen LogP contribution in [0.1, 0.15) is 30.1 Å². The Morgan fingerprint density at radius 2 is 2.00 bits per heavy atom. The first-order valence-electron chi connectivity index (χ1n) is 6.69. The van der Waals surface area contributed by atoms with Crippen LogP contribution in [0.25, 0.3) is 0 Å². The lowest BCUT2D eigenvalue weighted by molar-refractivity contribution is -0.123. The lowest BCUT2D eigenvalue weighted by Gasteiger charge is -2.17. The summed E-state index contributed by atoms with van der Waals surface area (Å²) in [4.78, 5) is 12.2. The molecule has 2 aromatic rings. The van der Waals surface area contributed by atoms with Gasteiger partial charge in [-0.05, 0) is 24.6 Å². The van der Waals surface area contributed by atoms with Gasteiger partial charge in [-0.2, -0.15) is 5.10 Å². The van der Waals surface area contributed by atoms with E-state index < -0.39 is 6.04 Å². The number of methoxy groups -OCH3 is 1. The van der Waals surface area contributed by atoms with Crippen LogP contribution in [0.15, 0.2) is 36.7 Å². The molecule has 1 unspecified atom stereocenters. The summed E-state index contributed by atoms with van der Waals surface area (Å²) in [5, 5.41) is 6.92. The smallest absolute Gasteiger partial charge is 0.242 e. The van der Waals surface area contributed by atoms with Crippen LogP contribution in [0.3, 0.4) is 0 Å². The molecule has 21 heavy (non-hydrogen) atoms. The van der Waals surface area contributed by atoms with Gasteiger partial charge in [-0.25, -0.2) is 0 Å². The van der Waals surface area contributed by atoms with Gasteiger partial charge in [0.2, 0.25) is 5.91 Å². The molecular formula is C15H20N4O2. The maximum Gasteiger partial charge on any atom is 0.242 e. The number of hydrogen-bond donors (Lipinski definition) is 2. The minimum absolute atomic E-state index is 0.133. The Labute approximate surface area is 123 Å². The Morgan fingerprint density at radius 3 is 2.52 bits per heavy atom. The van der Waals surface area contributed by atoms with Gasteiger partial charge in [0.1, 0.15) is 11.8 Å². The fraction of sp³-hybridized carbons (Fsp3) is 0.333. The molecule has 112 valence electrons. The lowest BCUT2D eigenvalue weighted by atomic mass is 10.1. The van der Waals surface area contributed by atoms with Crippen molar-refractivity contribution in [3.05, 3.63) is 47.8 Å². The third-order valence-electron chi connectivity index (χ3n) is 3.34. The van der Waals surface area contributed by atoms with Gasteiger partial charge in [0, 0.05) is 18.8 Å². The molecule has 1 aromatic carbocycles. The zero-order chi connectivity index (χ0) is 15.4. The molecular weight excluding hydrogens is 268 g/mol. The highest BCUT2D eigenvalue weighted by molar-refractivity contribution is 5.83. The van der Waals surface area contributed by atoms with Gasteiger partial charge in [0.05, 0.1) is 19.3 Å². The number of carbonyl (C=O) groups is 1. The Balaban J connectivity index is 2.00. The van der Waals surface area contributed by atoms with Crippen LogP contribution in [0.5, 0.6) is 5.75 Å². The van der Waals surface area contributed by atoms with E-state index >= 15 is 0 Å². The van der Waals surface area contributed by atoms with E-state index in [0.717, 1.165) is 11.3 Å². The first kappa shape index (κ1) is 15.1. The average molecular weight is 288 g/mol. The van der Waals surface area contributed by atoms with E-state index in [1.165, 1.54) is 0 Å². The van der Waals surface area contributed by atoms with E-state index in [0.29, 0.717) is 5.56 Å². The highest BCUT2D eigenvalue weighted by Gasteiger charge is 2.19. The number of nitrogens with one attached hydrogen (secondary N) is 1. The summed E-state index contributed by atoms with van der Waals surface area (Å²) >= 11 is 0. The Kier molecular flexibility index (Phi) is 4.59. The van der Waals surface area contributed by atoms with Crippen molar-refractivity contribution in [1.82, 2.24) is 15.1 Å². The molecule has 0 aliphatic rings. The molecule has 0 saturated carbocycles. The van der Waals surface area contributed by atoms with Crippen molar-refractivity contribution < 1.29 is 9.53 Å². The van der Waals surface area contributed by atoms with Crippen molar-refractivity contribution in [1.29, 1.82) is 0 Å². The van der Waals surface area contributed by atoms with Crippen molar-refractivity contribution in [3.8, 4) is 5.75 Å². The average Bonchev–Trinajstić information content (AvgIpc) is 2.93. The van der Waals surface area contributed by atoms with Gasteiger partial charge < -0.3 is 15.8 Å². The number of benzene rings is 1. The van der Waals surface area contributed by atoms with Gasteiger partial charge in [-0.3, -0.25) is 9.48 Å². The molecule has 0 aliphatic carbocycles. The minimum Gasteiger partial charge on any atom is -0.497 e. The number of ether oxygens (including phenoxy) is 1. The highest BCUT2D eigenvalue weighted by atomic mass is 16.5. The number of hydrogen-bond acceptors (Lipinski definition) is 4. The van der Waals surface area contributed by atoms with Crippen LogP contribution < -0.4 is 15.8 Å². The number of aromatic nitrogens is 2. The lowest BCUT2D eigenvalue weighted by Crippen LogP contribution is -2.35. The van der Waals surface area contributed by atoms with Crippen molar-refractivity contribution in [2.24, 2.45) is 12.8 Å². The summed E-state index contributed by atoms with van der Waals surface area (Å²) in [6.45, 7) is 1.91. The van der Waals surface area contributed by atoms with Crippen LogP contribution in [0, 0.1) is 0 Å². The summed E-state index contributed by atoms with van der Waals surface area (Å²) in [6.07, 6.45) is 3.34. The Morgan fingerprint density at radius 1 is 1.33 bits per heavy atom. The first-order valence-corrected chi connectivity index (χ1v) is 6.69. The molecule has 1 amide bonds. The second-order valence-electron chi connectivity index (χ2n) is 4.93. The monoisotopic (exact) mass is 288 g/mol. The SMILES string of the molecule is COc1ccc([C@H](C)NC(=O)C(N)c2cnn(C)c2)cc1. The van der Waals surface area contributed by atoms with E-state index in [4.69, 9.17) is 10.5 Å². The third kappa shape index (κ3) is 3.61. The largest absolute Gasteiger partial charge is 0.497 e. The van der Waals surface area contributed by atoms with Gasteiger partial charge in [-0.1, -0.05) is 12.1 Å². The molecule has 1 aromatic heterocycles. The zero-order valence-corrected chi connectivity index (χ0v) is 12.4. The van der Waals surface area contributed by atoms with Crippen molar-refractivity contribution in [2.45, 2.75) is 19.0 Å². The van der Waals surface area contributed by atoms with E-state index in [1.807, 2.05) is 31.2 Å². The normalized spacial score (nSPS) is 13.5. The number of nitrogens with two attached hydrogens (primary N) is 1. The standard InChI is InChI=1S/C15H20N4O2/c1-10(11-4-6-13(21-3)7-5-11)18-15(20)14(16)12-8-17-19(2)9-12/h4-10,14H,16H2,1-3H3,(H,18,20)/t10-,14?/m0/s1. The van der Waals surface area contributed by atoms with Crippen LogP contribution in [-0.4, -0.2) is 22.8 Å². The van der Waals surface area contributed by atoms with E-state index in [2.05, 4.69) is 10.4 Å². The number of aryl methyl sites for hydroxylation is 1. The maximum absolute atomic E-state index is 12.2. The van der Waals surface area contributed by atoms with E-state index in [9.17, 15) is 4.79 Å². The summed E-state index contributed by atoms with van der Waals surface area (Å²) < 4.78 is 6.73. The summed E-state index contributed by atoms with van der Waals surface area (Å²) in [6, 6.07) is 6.70. The van der Waals surface area contributed by atoms with Crippen molar-refractivity contribution in [3.63, 3.8) is 0 Å². The molecule has 0 aliphatic heterocycles. The maximum atomic E-state index is 12.2. The van der Waals surface area contributed by atoms with E-state index in [1.54, 1.807) is 31.2 Å². The van der Waals surface area contributed by atoms with Gasteiger partial charge in [-0.15, -0.1) is 0 Å². The predicted molar refractivity (Wildman–Crippen MR) is 79.7 cm³/mol. The minimum atomic E-state index is -0.723. The Bertz CT molecular complexity index is 606. The molecule has 0 fully saturated rings. The zero-order valence-electron chi connectivity index (χ0n) is 12.4. The second kappa shape index (κ2) is 6.41. The number of carbonyl (C=O) groups excluding carboxylic acids is 1. The van der Waals surface area contributed by atoms with Crippen LogP contribution in [0.4, 0.5) is 0 Å². The van der Waals surface area contributed by atoms with E-state index in [-0.39, 0.29) is 11.9 Å². The number of rotatable bonds is 5. The summed E-state index contributed by atoms with van der Waals surface area (Å²) in [5.74, 6) is 0.552. The molecule has 1 heterocycles. The quantitative estimate of drug-likeness (QED) is 0.869. The van der Waals surface area contributed by atoms with Gasteiger partial charge >= 0.3 is 0 Å². The van der Waals surface area contributed by atoms with Crippen LogP contribution in [0.2, 0.25) is 0 Å². The topological polar surface area (TPSA) is 82.2 Å². The molecule has 0 bridgehead atoms. The molecule has 2 atom stereocenters. The van der Waals surface area contributed by atoms with Crippen LogP contribution >= 0.6 is 0 Å². The fourth-order valence-electron chi connectivity index (χ4n) is 2.03. The van der Waals surface area contributed by atoms with Gasteiger partial charge in [0.15, 0.2) is 0 Å². The molecule has 0 spiro atoms. The first-order chi connectivity index (χ1) is 10.0. The molecule has 6 heteroatoms.